The Hall–Kier alpha value is -3.68. The fourth-order valence-electron chi connectivity index (χ4n) is 3.67. The third-order valence-electron chi connectivity index (χ3n) is 5.32. The Morgan fingerprint density at radius 1 is 1.19 bits per heavy atom. The Balaban J connectivity index is 1.89. The van der Waals surface area contributed by atoms with E-state index >= 15 is 0 Å². The van der Waals surface area contributed by atoms with Gasteiger partial charge in [0.05, 0.1) is 48.3 Å². The molecule has 9 nitrogen and oxygen atoms in total. The number of benzene rings is 2. The van der Waals surface area contributed by atoms with Crippen LogP contribution < -0.4 is 20.1 Å². The van der Waals surface area contributed by atoms with E-state index in [4.69, 9.17) is 25.8 Å². The lowest BCUT2D eigenvalue weighted by molar-refractivity contribution is -0.150. The summed E-state index contributed by atoms with van der Waals surface area (Å²) in [5.41, 5.74) is 1.15. The quantitative estimate of drug-likeness (QED) is 0.370. The van der Waals surface area contributed by atoms with Crippen LogP contribution in [0.2, 0.25) is 5.02 Å². The standard InChI is InChI=1S/C25H24ClN3O6S/c1-4-35-19-10-5-14(11-18(19)26)21-17(12-27)24(29-23(31)22(21)25(32)34-3)36-13-20(30)28-15-6-8-16(33-2)9-7-15/h5-11,21-22H,4,13H2,1-3H3,(H,28,30)(H,29,31)/t21-,22+/m0/s1. The van der Waals surface area contributed by atoms with Gasteiger partial charge in [-0.1, -0.05) is 29.4 Å². The summed E-state index contributed by atoms with van der Waals surface area (Å²) < 4.78 is 15.4. The second-order valence-corrected chi connectivity index (χ2v) is 8.90. The highest BCUT2D eigenvalue weighted by Gasteiger charge is 2.44. The molecule has 0 saturated heterocycles. The zero-order chi connectivity index (χ0) is 26.2. The average Bonchev–Trinajstić information content (AvgIpc) is 2.88. The van der Waals surface area contributed by atoms with Crippen molar-refractivity contribution >= 4 is 46.8 Å². The van der Waals surface area contributed by atoms with Gasteiger partial charge in [-0.2, -0.15) is 5.26 Å². The number of nitrogens with zero attached hydrogens (tertiary/aromatic N) is 1. The number of nitriles is 1. The van der Waals surface area contributed by atoms with Gasteiger partial charge in [-0.05, 0) is 48.9 Å². The molecule has 0 saturated carbocycles. The van der Waals surface area contributed by atoms with Crippen LogP contribution in [0.1, 0.15) is 18.4 Å². The summed E-state index contributed by atoms with van der Waals surface area (Å²) in [7, 11) is 2.71. The number of anilines is 1. The first-order valence-corrected chi connectivity index (χ1v) is 12.2. The first kappa shape index (κ1) is 26.9. The number of nitrogens with one attached hydrogen (secondary N) is 2. The summed E-state index contributed by atoms with van der Waals surface area (Å²) in [6.07, 6.45) is 0. The molecular weight excluding hydrogens is 506 g/mol. The molecule has 0 spiro atoms. The lowest BCUT2D eigenvalue weighted by Gasteiger charge is -2.31. The van der Waals surface area contributed by atoms with E-state index in [-0.39, 0.29) is 27.3 Å². The Bertz CT molecular complexity index is 1230. The van der Waals surface area contributed by atoms with Crippen molar-refractivity contribution in [1.29, 1.82) is 5.26 Å². The number of esters is 1. The Morgan fingerprint density at radius 2 is 1.92 bits per heavy atom. The van der Waals surface area contributed by atoms with Gasteiger partial charge in [-0.15, -0.1) is 0 Å². The number of methoxy groups -OCH3 is 2. The predicted molar refractivity (Wildman–Crippen MR) is 136 cm³/mol. The highest BCUT2D eigenvalue weighted by Crippen LogP contribution is 2.42. The third kappa shape index (κ3) is 6.11. The molecule has 1 heterocycles. The smallest absolute Gasteiger partial charge is 0.319 e. The van der Waals surface area contributed by atoms with Gasteiger partial charge >= 0.3 is 5.97 Å². The predicted octanol–water partition coefficient (Wildman–Crippen LogP) is 3.86. The first-order valence-electron chi connectivity index (χ1n) is 10.8. The number of carbonyl (C=O) groups excluding carboxylic acids is 3. The molecule has 0 aliphatic carbocycles. The highest BCUT2D eigenvalue weighted by molar-refractivity contribution is 8.03. The van der Waals surface area contributed by atoms with Crippen molar-refractivity contribution < 1.29 is 28.6 Å². The van der Waals surface area contributed by atoms with Crippen molar-refractivity contribution in [1.82, 2.24) is 5.32 Å². The van der Waals surface area contributed by atoms with Crippen molar-refractivity contribution in [2.75, 3.05) is 31.9 Å². The van der Waals surface area contributed by atoms with Crippen LogP contribution in [0.3, 0.4) is 0 Å². The van der Waals surface area contributed by atoms with E-state index < -0.39 is 23.7 Å². The van der Waals surface area contributed by atoms with Crippen LogP contribution in [0.25, 0.3) is 0 Å². The summed E-state index contributed by atoms with van der Waals surface area (Å²) in [5, 5.41) is 15.8. The molecule has 188 valence electrons. The zero-order valence-electron chi connectivity index (χ0n) is 19.8. The number of ether oxygens (including phenoxy) is 3. The van der Waals surface area contributed by atoms with Gasteiger partial charge in [0.25, 0.3) is 0 Å². The van der Waals surface area contributed by atoms with Crippen molar-refractivity contribution in [3.8, 4) is 17.6 Å². The number of rotatable bonds is 9. The fourth-order valence-corrected chi connectivity index (χ4v) is 4.76. The van der Waals surface area contributed by atoms with Crippen molar-refractivity contribution in [3.05, 3.63) is 63.7 Å². The van der Waals surface area contributed by atoms with Crippen molar-refractivity contribution in [2.24, 2.45) is 5.92 Å². The maximum atomic E-state index is 13.0. The van der Waals surface area contributed by atoms with Crippen LogP contribution in [0.5, 0.6) is 11.5 Å². The summed E-state index contributed by atoms with van der Waals surface area (Å²) >= 11 is 7.33. The van der Waals surface area contributed by atoms with Gasteiger partial charge in [0.2, 0.25) is 11.8 Å². The van der Waals surface area contributed by atoms with E-state index in [1.807, 2.05) is 6.92 Å². The Morgan fingerprint density at radius 3 is 2.50 bits per heavy atom. The molecule has 3 rings (SSSR count). The van der Waals surface area contributed by atoms with Gasteiger partial charge < -0.3 is 24.8 Å². The van der Waals surface area contributed by atoms with Crippen LogP contribution >= 0.6 is 23.4 Å². The summed E-state index contributed by atoms with van der Waals surface area (Å²) in [4.78, 5) is 38.0. The molecule has 0 bridgehead atoms. The average molecular weight is 530 g/mol. The maximum absolute atomic E-state index is 13.0. The minimum absolute atomic E-state index is 0.0908. The number of amides is 2. The van der Waals surface area contributed by atoms with Crippen LogP contribution in [-0.2, 0) is 19.1 Å². The normalized spacial score (nSPS) is 17.0. The van der Waals surface area contributed by atoms with E-state index in [0.29, 0.717) is 29.4 Å². The number of hydrogen-bond donors (Lipinski definition) is 2. The van der Waals surface area contributed by atoms with E-state index in [1.54, 1.807) is 49.6 Å². The van der Waals surface area contributed by atoms with Crippen molar-refractivity contribution in [2.45, 2.75) is 12.8 Å². The minimum Gasteiger partial charge on any atom is -0.497 e. The van der Waals surface area contributed by atoms with Gasteiger partial charge in [0.15, 0.2) is 0 Å². The SMILES string of the molecule is CCOc1ccc([C@H]2C(C#N)=C(SCC(=O)Nc3ccc(OC)cc3)NC(=O)[C@@H]2C(=O)OC)cc1Cl. The fraction of sp³-hybridized carbons (Fsp3) is 0.280. The summed E-state index contributed by atoms with van der Waals surface area (Å²) in [6.45, 7) is 2.21. The molecule has 1 aliphatic heterocycles. The Kier molecular flexibility index (Phi) is 9.22. The minimum atomic E-state index is -1.31. The van der Waals surface area contributed by atoms with Gasteiger partial charge in [0, 0.05) is 11.6 Å². The second kappa shape index (κ2) is 12.3. The number of thioether (sulfide) groups is 1. The monoisotopic (exact) mass is 529 g/mol. The molecule has 2 atom stereocenters. The van der Waals surface area contributed by atoms with Crippen LogP contribution in [0.4, 0.5) is 5.69 Å². The number of hydrogen-bond acceptors (Lipinski definition) is 8. The molecule has 36 heavy (non-hydrogen) atoms. The molecule has 2 N–H and O–H groups in total. The molecule has 2 aromatic carbocycles. The van der Waals surface area contributed by atoms with E-state index in [9.17, 15) is 19.6 Å². The summed E-state index contributed by atoms with van der Waals surface area (Å²) in [5.74, 6) is -3.06. The maximum Gasteiger partial charge on any atom is 0.319 e. The largest absolute Gasteiger partial charge is 0.497 e. The number of halogens is 1. The molecule has 2 aromatic rings. The highest BCUT2D eigenvalue weighted by atomic mass is 35.5. The summed E-state index contributed by atoms with van der Waals surface area (Å²) in [6, 6.07) is 13.7. The number of carbonyl (C=O) groups is 3. The molecule has 11 heteroatoms. The van der Waals surface area contributed by atoms with Crippen molar-refractivity contribution in [3.63, 3.8) is 0 Å². The Labute approximate surface area is 217 Å². The van der Waals surface area contributed by atoms with E-state index in [0.717, 1.165) is 11.8 Å². The lowest BCUT2D eigenvalue weighted by atomic mass is 9.78. The van der Waals surface area contributed by atoms with Crippen LogP contribution in [0.15, 0.2) is 53.1 Å². The van der Waals surface area contributed by atoms with Gasteiger partial charge in [-0.25, -0.2) is 0 Å². The molecule has 1 aliphatic rings. The second-order valence-electron chi connectivity index (χ2n) is 7.51. The molecular formula is C25H24ClN3O6S. The van der Waals surface area contributed by atoms with Gasteiger partial charge in [0.1, 0.15) is 17.4 Å². The third-order valence-corrected chi connectivity index (χ3v) is 6.63. The molecule has 0 aromatic heterocycles. The molecule has 0 fully saturated rings. The zero-order valence-corrected chi connectivity index (χ0v) is 21.4. The molecule has 0 radical (unpaired) electrons. The first-order chi connectivity index (χ1) is 17.3. The molecule has 2 amide bonds. The van der Waals surface area contributed by atoms with Gasteiger partial charge in [-0.3, -0.25) is 14.4 Å². The lowest BCUT2D eigenvalue weighted by Crippen LogP contribution is -2.44. The number of allylic oxidation sites excluding steroid dienone is 1. The van der Waals surface area contributed by atoms with E-state index in [1.165, 1.54) is 7.11 Å². The topological polar surface area (TPSA) is 127 Å². The van der Waals surface area contributed by atoms with E-state index in [2.05, 4.69) is 16.7 Å². The molecule has 0 unspecified atom stereocenters. The van der Waals surface area contributed by atoms with Crippen LogP contribution in [0, 0.1) is 17.2 Å². The van der Waals surface area contributed by atoms with Crippen LogP contribution in [-0.4, -0.2) is 44.4 Å².